The van der Waals surface area contributed by atoms with Crippen LogP contribution in [0.3, 0.4) is 0 Å². The van der Waals surface area contributed by atoms with Crippen LogP contribution in [0.15, 0.2) is 24.3 Å². The number of rotatable bonds is 7. The molecule has 0 bridgehead atoms. The maximum absolute atomic E-state index is 12.3. The molecule has 1 aromatic carbocycles. The Morgan fingerprint density at radius 1 is 1.14 bits per heavy atom. The van der Waals surface area contributed by atoms with Gasteiger partial charge in [0.1, 0.15) is 6.61 Å². The van der Waals surface area contributed by atoms with E-state index in [0.29, 0.717) is 31.6 Å². The molecule has 1 atom stereocenters. The number of amides is 3. The first-order valence-corrected chi connectivity index (χ1v) is 9.47. The average molecular weight is 392 g/mol. The predicted molar refractivity (Wildman–Crippen MR) is 100 cm³/mol. The van der Waals surface area contributed by atoms with Gasteiger partial charge in [-0.05, 0) is 28.6 Å². The van der Waals surface area contributed by atoms with E-state index in [1.165, 1.54) is 0 Å². The number of nitrogens with one attached hydrogen (secondary N) is 2. The summed E-state index contributed by atoms with van der Waals surface area (Å²) < 4.78 is 11.7. The second kappa shape index (κ2) is 9.72. The fraction of sp³-hybridized carbons (Fsp3) is 0.526. The Kier molecular flexibility index (Phi) is 7.07. The molecule has 8 nitrogen and oxygen atoms in total. The van der Waals surface area contributed by atoms with Crippen LogP contribution in [-0.4, -0.2) is 73.4 Å². The molecule has 152 valence electrons. The summed E-state index contributed by atoms with van der Waals surface area (Å²) in [6.45, 7) is 3.95. The van der Waals surface area contributed by atoms with Crippen LogP contribution in [0.5, 0.6) is 0 Å². The SMILES string of the molecule is O=C1CCC(c2ccc(NC(=O)CN3CCN(CCOF)CC3)cc2)C(=O)N1. The van der Waals surface area contributed by atoms with E-state index in [2.05, 4.69) is 25.4 Å². The molecule has 1 aromatic rings. The minimum Gasteiger partial charge on any atom is -0.325 e. The third-order valence-corrected chi connectivity index (χ3v) is 5.15. The average Bonchev–Trinajstić information content (AvgIpc) is 2.68. The van der Waals surface area contributed by atoms with Crippen LogP contribution in [0.1, 0.15) is 24.3 Å². The van der Waals surface area contributed by atoms with Gasteiger partial charge < -0.3 is 5.32 Å². The van der Waals surface area contributed by atoms with Gasteiger partial charge >= 0.3 is 0 Å². The van der Waals surface area contributed by atoms with Crippen molar-refractivity contribution < 1.29 is 23.9 Å². The number of carbonyl (C=O) groups is 3. The van der Waals surface area contributed by atoms with Crippen molar-refractivity contribution in [2.24, 2.45) is 0 Å². The Balaban J connectivity index is 1.45. The number of anilines is 1. The first-order chi connectivity index (χ1) is 13.5. The quantitative estimate of drug-likeness (QED) is 0.663. The molecule has 3 amide bonds. The third-order valence-electron chi connectivity index (χ3n) is 5.15. The van der Waals surface area contributed by atoms with Crippen LogP contribution in [-0.2, 0) is 19.3 Å². The van der Waals surface area contributed by atoms with Gasteiger partial charge in [0.05, 0.1) is 12.5 Å². The van der Waals surface area contributed by atoms with Gasteiger partial charge in [0, 0.05) is 44.8 Å². The number of imide groups is 1. The highest BCUT2D eigenvalue weighted by Crippen LogP contribution is 2.25. The lowest BCUT2D eigenvalue weighted by Gasteiger charge is -2.33. The largest absolute Gasteiger partial charge is 0.325 e. The molecular weight excluding hydrogens is 367 g/mol. The Labute approximate surface area is 162 Å². The molecule has 2 N–H and O–H groups in total. The van der Waals surface area contributed by atoms with Crippen molar-refractivity contribution in [1.82, 2.24) is 15.1 Å². The molecular formula is C19H25FN4O4. The van der Waals surface area contributed by atoms with Gasteiger partial charge in [0.15, 0.2) is 0 Å². The molecule has 2 aliphatic heterocycles. The summed E-state index contributed by atoms with van der Waals surface area (Å²) in [5.41, 5.74) is 1.50. The number of hydrogen-bond acceptors (Lipinski definition) is 6. The maximum atomic E-state index is 12.3. The van der Waals surface area contributed by atoms with Gasteiger partial charge in [-0.2, -0.15) is 4.94 Å². The molecule has 2 aliphatic rings. The van der Waals surface area contributed by atoms with Crippen molar-refractivity contribution in [3.8, 4) is 0 Å². The summed E-state index contributed by atoms with van der Waals surface area (Å²) >= 11 is 0. The van der Waals surface area contributed by atoms with Crippen molar-refractivity contribution in [1.29, 1.82) is 0 Å². The lowest BCUT2D eigenvalue weighted by Crippen LogP contribution is -2.49. The highest BCUT2D eigenvalue weighted by Gasteiger charge is 2.27. The number of benzene rings is 1. The zero-order valence-corrected chi connectivity index (χ0v) is 15.7. The van der Waals surface area contributed by atoms with Crippen LogP contribution in [0, 0.1) is 0 Å². The minimum atomic E-state index is -0.332. The molecule has 3 rings (SSSR count). The van der Waals surface area contributed by atoms with Crippen molar-refractivity contribution in [3.05, 3.63) is 29.8 Å². The van der Waals surface area contributed by atoms with Crippen LogP contribution < -0.4 is 10.6 Å². The Bertz CT molecular complexity index is 704. The van der Waals surface area contributed by atoms with E-state index in [0.717, 1.165) is 31.7 Å². The number of piperidine rings is 1. The maximum Gasteiger partial charge on any atom is 0.238 e. The fourth-order valence-corrected chi connectivity index (χ4v) is 3.55. The van der Waals surface area contributed by atoms with Gasteiger partial charge in [0.25, 0.3) is 0 Å². The van der Waals surface area contributed by atoms with E-state index >= 15 is 0 Å². The van der Waals surface area contributed by atoms with E-state index in [-0.39, 0.29) is 30.2 Å². The zero-order chi connectivity index (χ0) is 19.9. The Hall–Kier alpha value is -2.36. The van der Waals surface area contributed by atoms with Gasteiger partial charge in [-0.1, -0.05) is 12.1 Å². The van der Waals surface area contributed by atoms with E-state index in [1.807, 2.05) is 0 Å². The third kappa shape index (κ3) is 5.57. The minimum absolute atomic E-state index is 0.0648. The predicted octanol–water partition coefficient (Wildman–Crippen LogP) is 0.664. The fourth-order valence-electron chi connectivity index (χ4n) is 3.55. The molecule has 2 saturated heterocycles. The number of halogens is 1. The van der Waals surface area contributed by atoms with Crippen LogP contribution in [0.4, 0.5) is 10.2 Å². The highest BCUT2D eigenvalue weighted by atomic mass is 19.3. The molecule has 28 heavy (non-hydrogen) atoms. The molecule has 0 spiro atoms. The van der Waals surface area contributed by atoms with Crippen molar-refractivity contribution in [2.75, 3.05) is 51.2 Å². The smallest absolute Gasteiger partial charge is 0.238 e. The standard InChI is InChI=1S/C19H25FN4O4/c20-28-12-11-23-7-9-24(10-8-23)13-18(26)21-15-3-1-14(2-4-15)16-5-6-17(25)22-19(16)27/h1-4,16H,5-13H2,(H,21,26)(H,22,25,27). The molecule has 0 aromatic heterocycles. The Morgan fingerprint density at radius 3 is 2.46 bits per heavy atom. The summed E-state index contributed by atoms with van der Waals surface area (Å²) in [5.74, 6) is -0.942. The molecule has 1 unspecified atom stereocenters. The summed E-state index contributed by atoms with van der Waals surface area (Å²) in [6, 6.07) is 7.15. The molecule has 2 heterocycles. The lowest BCUT2D eigenvalue weighted by molar-refractivity contribution is -0.137. The summed E-state index contributed by atoms with van der Waals surface area (Å²) in [5, 5.41) is 5.22. The first-order valence-electron chi connectivity index (χ1n) is 9.47. The van der Waals surface area contributed by atoms with E-state index in [9.17, 15) is 18.9 Å². The van der Waals surface area contributed by atoms with Crippen LogP contribution in [0.2, 0.25) is 0 Å². The van der Waals surface area contributed by atoms with E-state index < -0.39 is 0 Å². The van der Waals surface area contributed by atoms with Crippen LogP contribution in [0.25, 0.3) is 0 Å². The second-order valence-electron chi connectivity index (χ2n) is 7.10. The number of piperazine rings is 1. The monoisotopic (exact) mass is 392 g/mol. The first kappa shape index (κ1) is 20.4. The summed E-state index contributed by atoms with van der Waals surface area (Å²) in [7, 11) is 0. The normalized spacial score (nSPS) is 21.4. The number of carbonyl (C=O) groups excluding carboxylic acids is 3. The van der Waals surface area contributed by atoms with Gasteiger partial charge in [-0.15, -0.1) is 0 Å². The topological polar surface area (TPSA) is 91.0 Å². The van der Waals surface area contributed by atoms with Crippen molar-refractivity contribution in [2.45, 2.75) is 18.8 Å². The number of nitrogens with zero attached hydrogens (tertiary/aromatic N) is 2. The molecule has 9 heteroatoms. The van der Waals surface area contributed by atoms with E-state index in [4.69, 9.17) is 0 Å². The summed E-state index contributed by atoms with van der Waals surface area (Å²) in [4.78, 5) is 43.2. The molecule has 2 fully saturated rings. The molecule has 0 saturated carbocycles. The van der Waals surface area contributed by atoms with E-state index in [1.54, 1.807) is 24.3 Å². The number of hydrogen-bond donors (Lipinski definition) is 2. The summed E-state index contributed by atoms with van der Waals surface area (Å²) in [6.07, 6.45) is 0.836. The van der Waals surface area contributed by atoms with Crippen LogP contribution >= 0.6 is 0 Å². The van der Waals surface area contributed by atoms with Crippen molar-refractivity contribution >= 4 is 23.4 Å². The van der Waals surface area contributed by atoms with Gasteiger partial charge in [-0.3, -0.25) is 29.5 Å². The Morgan fingerprint density at radius 2 is 1.82 bits per heavy atom. The second-order valence-corrected chi connectivity index (χ2v) is 7.10. The molecule has 0 aliphatic carbocycles. The van der Waals surface area contributed by atoms with Gasteiger partial charge in [0.2, 0.25) is 17.7 Å². The van der Waals surface area contributed by atoms with Gasteiger partial charge in [-0.25, -0.2) is 0 Å². The molecule has 0 radical (unpaired) electrons. The highest BCUT2D eigenvalue weighted by molar-refractivity contribution is 6.01. The van der Waals surface area contributed by atoms with Crippen molar-refractivity contribution in [3.63, 3.8) is 0 Å². The lowest BCUT2D eigenvalue weighted by atomic mass is 9.90. The zero-order valence-electron chi connectivity index (χ0n) is 15.7.